The van der Waals surface area contributed by atoms with Gasteiger partial charge in [-0.3, -0.25) is 4.79 Å². The maximum Gasteiger partial charge on any atom is 0.130 e. The summed E-state index contributed by atoms with van der Waals surface area (Å²) in [4.78, 5) is 11.3. The van der Waals surface area contributed by atoms with Crippen LogP contribution >= 0.6 is 0 Å². The quantitative estimate of drug-likeness (QED) is 0.731. The second kappa shape index (κ2) is 4.61. The third-order valence-electron chi connectivity index (χ3n) is 3.17. The molecule has 0 saturated heterocycles. The highest BCUT2D eigenvalue weighted by Gasteiger charge is 2.25. The number of carbonyl (C=O) groups excluding carboxylic acids is 1. The van der Waals surface area contributed by atoms with Gasteiger partial charge < -0.3 is 0 Å². The SMILES string of the molecule is CCC(C)(CC(C)=O)c1ccc(C)cc1. The molecule has 0 bridgehead atoms. The number of ketones is 1. The fourth-order valence-corrected chi connectivity index (χ4v) is 1.94. The molecule has 0 radical (unpaired) electrons. The van der Waals surface area contributed by atoms with Crippen molar-refractivity contribution in [3.8, 4) is 0 Å². The Labute approximate surface area is 92.5 Å². The van der Waals surface area contributed by atoms with Crippen molar-refractivity contribution >= 4 is 5.78 Å². The van der Waals surface area contributed by atoms with Crippen LogP contribution in [-0.4, -0.2) is 5.78 Å². The third-order valence-corrected chi connectivity index (χ3v) is 3.17. The van der Waals surface area contributed by atoms with Gasteiger partial charge in [-0.1, -0.05) is 43.7 Å². The van der Waals surface area contributed by atoms with Crippen LogP contribution in [0.15, 0.2) is 24.3 Å². The highest BCUT2D eigenvalue weighted by molar-refractivity contribution is 5.77. The van der Waals surface area contributed by atoms with Crippen molar-refractivity contribution in [3.05, 3.63) is 35.4 Å². The molecule has 0 aliphatic heterocycles. The molecular formula is C14H20O. The van der Waals surface area contributed by atoms with E-state index in [1.807, 2.05) is 0 Å². The van der Waals surface area contributed by atoms with Crippen LogP contribution in [0.3, 0.4) is 0 Å². The Morgan fingerprint density at radius 2 is 1.80 bits per heavy atom. The molecule has 0 amide bonds. The van der Waals surface area contributed by atoms with E-state index in [4.69, 9.17) is 0 Å². The molecule has 1 atom stereocenters. The first-order valence-corrected chi connectivity index (χ1v) is 5.54. The Morgan fingerprint density at radius 1 is 1.27 bits per heavy atom. The molecule has 0 saturated carbocycles. The second-order valence-electron chi connectivity index (χ2n) is 4.66. The minimum atomic E-state index is -0.000463. The van der Waals surface area contributed by atoms with Crippen LogP contribution in [-0.2, 0) is 10.2 Å². The molecule has 0 fully saturated rings. The Bertz CT molecular complexity index is 337. The van der Waals surface area contributed by atoms with Gasteiger partial charge in [-0.15, -0.1) is 0 Å². The molecule has 1 nitrogen and oxygen atoms in total. The fraction of sp³-hybridized carbons (Fsp3) is 0.500. The highest BCUT2D eigenvalue weighted by Crippen LogP contribution is 2.31. The summed E-state index contributed by atoms with van der Waals surface area (Å²) in [6.07, 6.45) is 1.63. The number of aryl methyl sites for hydroxylation is 1. The van der Waals surface area contributed by atoms with Gasteiger partial charge in [0.05, 0.1) is 0 Å². The maximum absolute atomic E-state index is 11.3. The van der Waals surface area contributed by atoms with E-state index >= 15 is 0 Å². The van der Waals surface area contributed by atoms with E-state index in [1.54, 1.807) is 6.92 Å². The summed E-state index contributed by atoms with van der Waals surface area (Å²) >= 11 is 0. The number of hydrogen-bond donors (Lipinski definition) is 0. The average molecular weight is 204 g/mol. The van der Waals surface area contributed by atoms with E-state index in [0.29, 0.717) is 6.42 Å². The van der Waals surface area contributed by atoms with Crippen molar-refractivity contribution in [2.24, 2.45) is 0 Å². The van der Waals surface area contributed by atoms with Gasteiger partial charge in [0, 0.05) is 6.42 Å². The molecule has 0 aromatic heterocycles. The van der Waals surface area contributed by atoms with E-state index in [-0.39, 0.29) is 11.2 Å². The molecule has 0 aliphatic rings. The van der Waals surface area contributed by atoms with Gasteiger partial charge in [0.1, 0.15) is 5.78 Å². The first kappa shape index (κ1) is 12.0. The Kier molecular flexibility index (Phi) is 3.67. The molecule has 15 heavy (non-hydrogen) atoms. The minimum absolute atomic E-state index is 0.000463. The number of Topliss-reactive ketones (excluding diaryl/α,β-unsaturated/α-hetero) is 1. The standard InChI is InChI=1S/C14H20O/c1-5-14(4,10-12(3)15)13-8-6-11(2)7-9-13/h6-9H,5,10H2,1-4H3. The van der Waals surface area contributed by atoms with Crippen molar-refractivity contribution in [2.45, 2.75) is 46.0 Å². The van der Waals surface area contributed by atoms with Gasteiger partial charge in [-0.2, -0.15) is 0 Å². The van der Waals surface area contributed by atoms with Gasteiger partial charge in [-0.25, -0.2) is 0 Å². The monoisotopic (exact) mass is 204 g/mol. The Hall–Kier alpha value is -1.11. The predicted molar refractivity (Wildman–Crippen MR) is 64.1 cm³/mol. The molecule has 1 aromatic rings. The van der Waals surface area contributed by atoms with E-state index in [9.17, 15) is 4.79 Å². The topological polar surface area (TPSA) is 17.1 Å². The largest absolute Gasteiger partial charge is 0.300 e. The van der Waals surface area contributed by atoms with E-state index < -0.39 is 0 Å². The maximum atomic E-state index is 11.3. The zero-order chi connectivity index (χ0) is 11.5. The smallest absolute Gasteiger partial charge is 0.130 e. The highest BCUT2D eigenvalue weighted by atomic mass is 16.1. The predicted octanol–water partition coefficient (Wildman–Crippen LogP) is 3.64. The zero-order valence-corrected chi connectivity index (χ0v) is 10.1. The van der Waals surface area contributed by atoms with Gasteiger partial charge in [0.15, 0.2) is 0 Å². The van der Waals surface area contributed by atoms with Crippen LogP contribution in [0.5, 0.6) is 0 Å². The number of carbonyl (C=O) groups is 1. The average Bonchev–Trinajstić information content (AvgIpc) is 2.17. The van der Waals surface area contributed by atoms with Crippen molar-refractivity contribution in [2.75, 3.05) is 0 Å². The normalized spacial score (nSPS) is 14.7. The van der Waals surface area contributed by atoms with Gasteiger partial charge >= 0.3 is 0 Å². The van der Waals surface area contributed by atoms with Crippen molar-refractivity contribution < 1.29 is 4.79 Å². The van der Waals surface area contributed by atoms with Crippen LogP contribution in [0.4, 0.5) is 0 Å². The van der Waals surface area contributed by atoms with Crippen LogP contribution < -0.4 is 0 Å². The fourth-order valence-electron chi connectivity index (χ4n) is 1.94. The first-order valence-electron chi connectivity index (χ1n) is 5.54. The molecule has 0 heterocycles. The van der Waals surface area contributed by atoms with Crippen LogP contribution in [0.2, 0.25) is 0 Å². The zero-order valence-electron chi connectivity index (χ0n) is 10.1. The molecule has 1 heteroatoms. The summed E-state index contributed by atoms with van der Waals surface area (Å²) in [7, 11) is 0. The summed E-state index contributed by atoms with van der Waals surface area (Å²) < 4.78 is 0. The number of hydrogen-bond acceptors (Lipinski definition) is 1. The summed E-state index contributed by atoms with van der Waals surface area (Å²) in [6, 6.07) is 8.51. The van der Waals surface area contributed by atoms with Crippen molar-refractivity contribution in [1.29, 1.82) is 0 Å². The van der Waals surface area contributed by atoms with Gasteiger partial charge in [0.2, 0.25) is 0 Å². The lowest BCUT2D eigenvalue weighted by atomic mass is 9.76. The van der Waals surface area contributed by atoms with Gasteiger partial charge in [0.25, 0.3) is 0 Å². The lowest BCUT2D eigenvalue weighted by molar-refractivity contribution is -0.118. The molecule has 82 valence electrons. The summed E-state index contributed by atoms with van der Waals surface area (Å²) in [5.74, 6) is 0.264. The summed E-state index contributed by atoms with van der Waals surface area (Å²) in [5.41, 5.74) is 2.53. The minimum Gasteiger partial charge on any atom is -0.300 e. The molecule has 0 spiro atoms. The third kappa shape index (κ3) is 2.92. The van der Waals surface area contributed by atoms with Crippen LogP contribution in [0.1, 0.15) is 44.7 Å². The van der Waals surface area contributed by atoms with Crippen molar-refractivity contribution in [1.82, 2.24) is 0 Å². The first-order chi connectivity index (χ1) is 6.98. The van der Waals surface area contributed by atoms with E-state index in [0.717, 1.165) is 6.42 Å². The lowest BCUT2D eigenvalue weighted by Crippen LogP contribution is -2.23. The van der Waals surface area contributed by atoms with Crippen LogP contribution in [0, 0.1) is 6.92 Å². The van der Waals surface area contributed by atoms with E-state index in [1.165, 1.54) is 11.1 Å². The number of benzene rings is 1. The Morgan fingerprint density at radius 3 is 2.20 bits per heavy atom. The second-order valence-corrected chi connectivity index (χ2v) is 4.66. The van der Waals surface area contributed by atoms with E-state index in [2.05, 4.69) is 45.0 Å². The molecule has 1 aromatic carbocycles. The Balaban J connectivity index is 3.00. The molecule has 1 rings (SSSR count). The lowest BCUT2D eigenvalue weighted by Gasteiger charge is -2.27. The molecule has 1 unspecified atom stereocenters. The summed E-state index contributed by atoms with van der Waals surface area (Å²) in [6.45, 7) is 8.06. The van der Waals surface area contributed by atoms with Gasteiger partial charge in [-0.05, 0) is 31.2 Å². The summed E-state index contributed by atoms with van der Waals surface area (Å²) in [5, 5.41) is 0. The molecule has 0 aliphatic carbocycles. The van der Waals surface area contributed by atoms with Crippen LogP contribution in [0.25, 0.3) is 0 Å². The molecular weight excluding hydrogens is 184 g/mol. The number of rotatable bonds is 4. The van der Waals surface area contributed by atoms with Crippen molar-refractivity contribution in [3.63, 3.8) is 0 Å². The molecule has 0 N–H and O–H groups in total.